The van der Waals surface area contributed by atoms with Crippen LogP contribution in [-0.4, -0.2) is 47.9 Å². The van der Waals surface area contributed by atoms with Gasteiger partial charge in [0.05, 0.1) is 6.04 Å². The van der Waals surface area contributed by atoms with Gasteiger partial charge in [-0.25, -0.2) is 0 Å². The summed E-state index contributed by atoms with van der Waals surface area (Å²) in [4.78, 5) is 19.2. The fourth-order valence-corrected chi connectivity index (χ4v) is 3.60. The molecule has 3 unspecified atom stereocenters. The molecule has 2 heterocycles. The van der Waals surface area contributed by atoms with Gasteiger partial charge in [0.15, 0.2) is 0 Å². The van der Waals surface area contributed by atoms with Crippen molar-refractivity contribution < 1.29 is 4.79 Å². The molecule has 1 N–H and O–H groups in total. The summed E-state index contributed by atoms with van der Waals surface area (Å²) in [7, 11) is 2.13. The molecule has 4 nitrogen and oxygen atoms in total. The van der Waals surface area contributed by atoms with Gasteiger partial charge in [0.2, 0.25) is 5.91 Å². The molecule has 0 aromatic carbocycles. The standard InChI is InChI=1S/C16H27N3OS/c1-6-11(2)18(5)9-10-19-15(17-13(4)16(19)20)14-8-7-12(3)21-14/h7-8,11,13,15,17H,6,9-10H2,1-5H3. The molecule has 0 radical (unpaired) electrons. The Kier molecular flexibility index (Phi) is 5.41. The molecule has 0 aliphatic carbocycles. The molecular formula is C16H27N3OS. The quantitative estimate of drug-likeness (QED) is 0.877. The van der Waals surface area contributed by atoms with E-state index < -0.39 is 0 Å². The molecule has 1 aliphatic heterocycles. The first-order chi connectivity index (χ1) is 9.93. The first-order valence-electron chi connectivity index (χ1n) is 7.77. The molecule has 118 valence electrons. The third-order valence-electron chi connectivity index (χ3n) is 4.44. The zero-order valence-electron chi connectivity index (χ0n) is 13.7. The second-order valence-corrected chi connectivity index (χ2v) is 7.33. The molecular weight excluding hydrogens is 282 g/mol. The largest absolute Gasteiger partial charge is 0.319 e. The van der Waals surface area contributed by atoms with Gasteiger partial charge >= 0.3 is 0 Å². The maximum absolute atomic E-state index is 12.4. The van der Waals surface area contributed by atoms with Crippen molar-refractivity contribution in [2.24, 2.45) is 0 Å². The van der Waals surface area contributed by atoms with E-state index in [1.807, 2.05) is 11.8 Å². The molecule has 1 aromatic rings. The molecule has 1 amide bonds. The van der Waals surface area contributed by atoms with Crippen LogP contribution in [0, 0.1) is 6.92 Å². The second-order valence-electron chi connectivity index (χ2n) is 6.01. The molecule has 1 aliphatic rings. The van der Waals surface area contributed by atoms with Crippen molar-refractivity contribution in [2.75, 3.05) is 20.1 Å². The summed E-state index contributed by atoms with van der Waals surface area (Å²) >= 11 is 1.77. The van der Waals surface area contributed by atoms with Gasteiger partial charge in [0, 0.05) is 28.9 Å². The van der Waals surface area contributed by atoms with Crippen molar-refractivity contribution >= 4 is 17.2 Å². The number of nitrogens with one attached hydrogen (secondary N) is 1. The maximum atomic E-state index is 12.4. The zero-order chi connectivity index (χ0) is 15.6. The summed E-state index contributed by atoms with van der Waals surface area (Å²) in [6.45, 7) is 10.2. The molecule has 0 bridgehead atoms. The first kappa shape index (κ1) is 16.5. The van der Waals surface area contributed by atoms with E-state index in [1.165, 1.54) is 9.75 Å². The van der Waals surface area contributed by atoms with Crippen molar-refractivity contribution in [3.63, 3.8) is 0 Å². The van der Waals surface area contributed by atoms with E-state index in [-0.39, 0.29) is 18.1 Å². The first-order valence-corrected chi connectivity index (χ1v) is 8.58. The van der Waals surface area contributed by atoms with Crippen LogP contribution in [0.2, 0.25) is 0 Å². The van der Waals surface area contributed by atoms with Gasteiger partial charge in [-0.3, -0.25) is 10.1 Å². The molecule has 0 saturated carbocycles. The van der Waals surface area contributed by atoms with Crippen LogP contribution in [0.15, 0.2) is 12.1 Å². The number of likely N-dealkylation sites (N-methyl/N-ethyl adjacent to an activating group) is 1. The Hall–Kier alpha value is -0.910. The minimum atomic E-state index is -0.0914. The number of aryl methyl sites for hydroxylation is 1. The molecule has 5 heteroatoms. The van der Waals surface area contributed by atoms with Crippen molar-refractivity contribution in [3.05, 3.63) is 21.9 Å². The second kappa shape index (κ2) is 6.90. The van der Waals surface area contributed by atoms with Gasteiger partial charge in [-0.05, 0) is 46.4 Å². The predicted octanol–water partition coefficient (Wildman–Crippen LogP) is 2.61. The van der Waals surface area contributed by atoms with Crippen molar-refractivity contribution in [1.82, 2.24) is 15.1 Å². The Bertz CT molecular complexity index is 488. The van der Waals surface area contributed by atoms with Crippen LogP contribution < -0.4 is 5.32 Å². The van der Waals surface area contributed by atoms with Crippen molar-refractivity contribution in [3.8, 4) is 0 Å². The third kappa shape index (κ3) is 3.65. The molecule has 1 aromatic heterocycles. The lowest BCUT2D eigenvalue weighted by atomic mass is 10.2. The third-order valence-corrected chi connectivity index (χ3v) is 5.49. The molecule has 2 rings (SSSR count). The van der Waals surface area contributed by atoms with E-state index >= 15 is 0 Å². The Morgan fingerprint density at radius 2 is 2.19 bits per heavy atom. The number of carbonyl (C=O) groups is 1. The van der Waals surface area contributed by atoms with Crippen LogP contribution in [0.3, 0.4) is 0 Å². The Balaban J connectivity index is 2.05. The van der Waals surface area contributed by atoms with Gasteiger partial charge < -0.3 is 9.80 Å². The van der Waals surface area contributed by atoms with E-state index in [4.69, 9.17) is 0 Å². The fourth-order valence-electron chi connectivity index (χ4n) is 2.65. The highest BCUT2D eigenvalue weighted by molar-refractivity contribution is 7.12. The van der Waals surface area contributed by atoms with Crippen molar-refractivity contribution in [2.45, 2.75) is 52.4 Å². The minimum absolute atomic E-state index is 0.0385. The average Bonchev–Trinajstić information content (AvgIpc) is 3.01. The number of hydrogen-bond acceptors (Lipinski definition) is 4. The highest BCUT2D eigenvalue weighted by Gasteiger charge is 2.37. The van der Waals surface area contributed by atoms with Gasteiger partial charge in [0.1, 0.15) is 6.17 Å². The molecule has 0 spiro atoms. The summed E-state index contributed by atoms with van der Waals surface area (Å²) in [6.07, 6.45) is 1.17. The summed E-state index contributed by atoms with van der Waals surface area (Å²) in [5, 5.41) is 3.42. The lowest BCUT2D eigenvalue weighted by Crippen LogP contribution is -2.39. The minimum Gasteiger partial charge on any atom is -0.319 e. The number of amides is 1. The number of hydrogen-bond donors (Lipinski definition) is 1. The van der Waals surface area contributed by atoms with E-state index in [2.05, 4.69) is 50.2 Å². The molecule has 1 fully saturated rings. The van der Waals surface area contributed by atoms with E-state index in [0.29, 0.717) is 6.04 Å². The molecule has 3 atom stereocenters. The summed E-state index contributed by atoms with van der Waals surface area (Å²) < 4.78 is 0. The SMILES string of the molecule is CCC(C)N(C)CCN1C(=O)C(C)NC1c1ccc(C)s1. The highest BCUT2D eigenvalue weighted by Crippen LogP contribution is 2.30. The number of carbonyl (C=O) groups excluding carboxylic acids is 1. The average molecular weight is 309 g/mol. The highest BCUT2D eigenvalue weighted by atomic mass is 32.1. The maximum Gasteiger partial charge on any atom is 0.241 e. The van der Waals surface area contributed by atoms with Gasteiger partial charge in [0.25, 0.3) is 0 Å². The van der Waals surface area contributed by atoms with Gasteiger partial charge in [-0.15, -0.1) is 11.3 Å². The number of rotatable bonds is 6. The van der Waals surface area contributed by atoms with E-state index in [1.54, 1.807) is 11.3 Å². The van der Waals surface area contributed by atoms with Crippen LogP contribution in [0.1, 0.15) is 43.1 Å². The van der Waals surface area contributed by atoms with Crippen LogP contribution in [-0.2, 0) is 4.79 Å². The smallest absolute Gasteiger partial charge is 0.241 e. The van der Waals surface area contributed by atoms with E-state index in [0.717, 1.165) is 19.5 Å². The Labute approximate surface area is 132 Å². The number of nitrogens with zero attached hydrogens (tertiary/aromatic N) is 2. The van der Waals surface area contributed by atoms with Gasteiger partial charge in [-0.2, -0.15) is 0 Å². The Morgan fingerprint density at radius 3 is 2.76 bits per heavy atom. The number of thiophene rings is 1. The van der Waals surface area contributed by atoms with Crippen LogP contribution >= 0.6 is 11.3 Å². The monoisotopic (exact) mass is 309 g/mol. The molecule has 1 saturated heterocycles. The van der Waals surface area contributed by atoms with Crippen LogP contribution in [0.25, 0.3) is 0 Å². The van der Waals surface area contributed by atoms with Gasteiger partial charge in [-0.1, -0.05) is 6.92 Å². The van der Waals surface area contributed by atoms with Crippen LogP contribution in [0.4, 0.5) is 0 Å². The van der Waals surface area contributed by atoms with Crippen LogP contribution in [0.5, 0.6) is 0 Å². The van der Waals surface area contributed by atoms with Crippen molar-refractivity contribution in [1.29, 1.82) is 0 Å². The van der Waals surface area contributed by atoms with E-state index in [9.17, 15) is 4.79 Å². The topological polar surface area (TPSA) is 35.6 Å². The lowest BCUT2D eigenvalue weighted by molar-refractivity contribution is -0.130. The fraction of sp³-hybridized carbons (Fsp3) is 0.688. The molecule has 21 heavy (non-hydrogen) atoms. The summed E-state index contributed by atoms with van der Waals surface area (Å²) in [5.41, 5.74) is 0. The zero-order valence-corrected chi connectivity index (χ0v) is 14.5. The Morgan fingerprint density at radius 1 is 1.48 bits per heavy atom. The normalized spacial score (nSPS) is 24.1. The predicted molar refractivity (Wildman–Crippen MR) is 88.5 cm³/mol. The summed E-state index contributed by atoms with van der Waals surface area (Å²) in [5.74, 6) is 0.212. The lowest BCUT2D eigenvalue weighted by Gasteiger charge is -2.29. The summed E-state index contributed by atoms with van der Waals surface area (Å²) in [6, 6.07) is 4.72.